The van der Waals surface area contributed by atoms with Crippen LogP contribution in [0.5, 0.6) is 0 Å². The van der Waals surface area contributed by atoms with Crippen LogP contribution < -0.4 is 0 Å². The molecule has 0 saturated carbocycles. The van der Waals surface area contributed by atoms with E-state index in [1.54, 1.807) is 35.3 Å². The van der Waals surface area contributed by atoms with Gasteiger partial charge >= 0.3 is 0 Å². The number of hydrogen-bond acceptors (Lipinski definition) is 7. The highest BCUT2D eigenvalue weighted by molar-refractivity contribution is 8.06. The molecule has 3 N–H and O–H groups in total. The van der Waals surface area contributed by atoms with Crippen molar-refractivity contribution in [2.75, 3.05) is 40.3 Å². The van der Waals surface area contributed by atoms with Crippen LogP contribution in [0.15, 0.2) is 0 Å². The molecule has 0 saturated heterocycles. The van der Waals surface area contributed by atoms with Crippen LogP contribution in [0.1, 0.15) is 20.8 Å². The first-order valence-electron chi connectivity index (χ1n) is 7.30. The van der Waals surface area contributed by atoms with Crippen molar-refractivity contribution in [2.45, 2.75) is 44.3 Å². The summed E-state index contributed by atoms with van der Waals surface area (Å²) in [7, 11) is 0. The van der Waals surface area contributed by atoms with Crippen molar-refractivity contribution < 1.29 is 15.3 Å². The largest absolute Gasteiger partial charge is 0.393 e. The molecular weight excluding hydrogens is 344 g/mol. The van der Waals surface area contributed by atoms with E-state index in [4.69, 9.17) is 0 Å². The number of hydrogen-bond donors (Lipinski definition) is 3. The van der Waals surface area contributed by atoms with Gasteiger partial charge in [-0.15, -0.1) is 0 Å². The van der Waals surface area contributed by atoms with E-state index in [9.17, 15) is 15.3 Å². The molecule has 3 nitrogen and oxygen atoms in total. The Bertz CT molecular complexity index is 214. The summed E-state index contributed by atoms with van der Waals surface area (Å²) in [6.07, 6.45) is -0.710. The van der Waals surface area contributed by atoms with Gasteiger partial charge in [0.2, 0.25) is 0 Å². The molecule has 0 fully saturated rings. The van der Waals surface area contributed by atoms with Gasteiger partial charge in [0.05, 0.1) is 18.3 Å². The van der Waals surface area contributed by atoms with E-state index < -0.39 is 0 Å². The fourth-order valence-corrected chi connectivity index (χ4v) is 6.32. The first-order valence-corrected chi connectivity index (χ1v) is 11.8. The lowest BCUT2D eigenvalue weighted by molar-refractivity contribution is 0.220. The quantitative estimate of drug-likeness (QED) is 0.404. The van der Waals surface area contributed by atoms with Crippen molar-refractivity contribution >= 4 is 47.0 Å². The van der Waals surface area contributed by atoms with Gasteiger partial charge in [0, 0.05) is 45.5 Å². The Morgan fingerprint density at radius 2 is 1.05 bits per heavy atom. The molecule has 0 amide bonds. The highest BCUT2D eigenvalue weighted by Gasteiger charge is 2.11. The molecule has 0 aromatic heterocycles. The minimum atomic E-state index is -0.243. The van der Waals surface area contributed by atoms with Crippen LogP contribution in [0.4, 0.5) is 0 Å². The van der Waals surface area contributed by atoms with Gasteiger partial charge in [-0.2, -0.15) is 47.0 Å². The minimum absolute atomic E-state index is 0.223. The summed E-state index contributed by atoms with van der Waals surface area (Å²) < 4.78 is 0. The van der Waals surface area contributed by atoms with Crippen molar-refractivity contribution in [3.63, 3.8) is 0 Å². The lowest BCUT2D eigenvalue weighted by Gasteiger charge is -2.17. The van der Waals surface area contributed by atoms with Crippen molar-refractivity contribution in [1.82, 2.24) is 0 Å². The standard InChI is InChI=1S/C14H30O3S4/c1-11(15)6-18-4-5-21-14(9-19-7-12(2)16)10-20-8-13(3)17/h11-17H,4-10H2,1-3H3. The third kappa shape index (κ3) is 17.5. The zero-order valence-corrected chi connectivity index (χ0v) is 16.5. The van der Waals surface area contributed by atoms with E-state index in [1.165, 1.54) is 0 Å². The van der Waals surface area contributed by atoms with Gasteiger partial charge in [-0.05, 0) is 20.8 Å². The lowest BCUT2D eigenvalue weighted by Crippen LogP contribution is -2.16. The normalized spacial score (nSPS) is 17.4. The Labute approximate surface area is 146 Å². The molecule has 0 bridgehead atoms. The van der Waals surface area contributed by atoms with Crippen LogP contribution in [-0.4, -0.2) is 79.2 Å². The average molecular weight is 375 g/mol. The van der Waals surface area contributed by atoms with Crippen LogP contribution >= 0.6 is 47.0 Å². The molecule has 0 aromatic rings. The van der Waals surface area contributed by atoms with Gasteiger partial charge in [-0.1, -0.05) is 0 Å². The van der Waals surface area contributed by atoms with Gasteiger partial charge in [0.15, 0.2) is 0 Å². The van der Waals surface area contributed by atoms with Gasteiger partial charge in [0.1, 0.15) is 0 Å². The Hall–Kier alpha value is 1.28. The summed E-state index contributed by atoms with van der Waals surface area (Å²) in [4.78, 5) is 0. The second-order valence-electron chi connectivity index (χ2n) is 5.19. The van der Waals surface area contributed by atoms with E-state index in [2.05, 4.69) is 0 Å². The third-order valence-corrected chi connectivity index (χ3v) is 8.11. The number of aliphatic hydroxyl groups is 3. The van der Waals surface area contributed by atoms with Crippen LogP contribution in [0.25, 0.3) is 0 Å². The molecule has 128 valence electrons. The fourth-order valence-electron chi connectivity index (χ4n) is 1.41. The number of aliphatic hydroxyl groups excluding tert-OH is 3. The third-order valence-electron chi connectivity index (χ3n) is 2.27. The Balaban J connectivity index is 3.82. The van der Waals surface area contributed by atoms with E-state index in [1.807, 2.05) is 32.5 Å². The van der Waals surface area contributed by atoms with E-state index in [0.717, 1.165) is 40.3 Å². The van der Waals surface area contributed by atoms with Gasteiger partial charge < -0.3 is 15.3 Å². The molecule has 0 aromatic carbocycles. The molecular formula is C14H30O3S4. The Kier molecular flexibility index (Phi) is 15.8. The van der Waals surface area contributed by atoms with E-state index in [0.29, 0.717) is 5.25 Å². The second-order valence-corrected chi connectivity index (χ2v) is 9.90. The molecule has 0 aliphatic rings. The van der Waals surface area contributed by atoms with Crippen LogP contribution in [0.2, 0.25) is 0 Å². The predicted octanol–water partition coefficient (Wildman–Crippen LogP) is 2.43. The summed E-state index contributed by atoms with van der Waals surface area (Å²) in [6.45, 7) is 5.47. The van der Waals surface area contributed by atoms with Gasteiger partial charge in [-0.3, -0.25) is 0 Å². The topological polar surface area (TPSA) is 60.7 Å². The zero-order chi connectivity index (χ0) is 16.1. The van der Waals surface area contributed by atoms with E-state index >= 15 is 0 Å². The summed E-state index contributed by atoms with van der Waals surface area (Å²) in [5, 5.41) is 28.4. The van der Waals surface area contributed by atoms with Crippen LogP contribution in [0.3, 0.4) is 0 Å². The number of rotatable bonds is 14. The molecule has 0 radical (unpaired) electrons. The zero-order valence-electron chi connectivity index (χ0n) is 13.2. The summed E-state index contributed by atoms with van der Waals surface area (Å²) in [5.41, 5.74) is 0. The van der Waals surface area contributed by atoms with Crippen LogP contribution in [0, 0.1) is 0 Å². The lowest BCUT2D eigenvalue weighted by atomic mass is 10.5. The molecule has 21 heavy (non-hydrogen) atoms. The molecule has 3 unspecified atom stereocenters. The summed E-state index contributed by atoms with van der Waals surface area (Å²) in [5.74, 6) is 6.62. The van der Waals surface area contributed by atoms with Crippen LogP contribution in [-0.2, 0) is 0 Å². The summed E-state index contributed by atoms with van der Waals surface area (Å²) in [6, 6.07) is 0. The maximum atomic E-state index is 9.32. The first-order chi connectivity index (χ1) is 9.91. The van der Waals surface area contributed by atoms with Crippen molar-refractivity contribution in [1.29, 1.82) is 0 Å². The molecule has 7 heteroatoms. The minimum Gasteiger partial charge on any atom is -0.393 e. The fraction of sp³-hybridized carbons (Fsp3) is 1.00. The maximum absolute atomic E-state index is 9.32. The molecule has 0 heterocycles. The number of thioether (sulfide) groups is 4. The summed E-state index contributed by atoms with van der Waals surface area (Å²) >= 11 is 7.37. The van der Waals surface area contributed by atoms with E-state index in [-0.39, 0.29) is 18.3 Å². The van der Waals surface area contributed by atoms with Gasteiger partial charge in [-0.25, -0.2) is 0 Å². The molecule has 0 aliphatic carbocycles. The van der Waals surface area contributed by atoms with Crippen molar-refractivity contribution in [3.8, 4) is 0 Å². The highest BCUT2D eigenvalue weighted by atomic mass is 32.2. The van der Waals surface area contributed by atoms with Gasteiger partial charge in [0.25, 0.3) is 0 Å². The van der Waals surface area contributed by atoms with Crippen molar-refractivity contribution in [3.05, 3.63) is 0 Å². The first kappa shape index (κ1) is 22.3. The molecule has 0 rings (SSSR count). The molecule has 0 spiro atoms. The SMILES string of the molecule is CC(O)CSCCSC(CSCC(C)O)CSCC(C)O. The monoisotopic (exact) mass is 374 g/mol. The van der Waals surface area contributed by atoms with Crippen molar-refractivity contribution in [2.24, 2.45) is 0 Å². The Morgan fingerprint density at radius 3 is 1.48 bits per heavy atom. The second kappa shape index (κ2) is 14.8. The predicted molar refractivity (Wildman–Crippen MR) is 103 cm³/mol. The molecule has 3 atom stereocenters. The molecule has 0 aliphatic heterocycles. The maximum Gasteiger partial charge on any atom is 0.0602 e. The highest BCUT2D eigenvalue weighted by Crippen LogP contribution is 2.23. The smallest absolute Gasteiger partial charge is 0.0602 e. The Morgan fingerprint density at radius 1 is 0.619 bits per heavy atom. The average Bonchev–Trinajstić information content (AvgIpc) is 2.36.